The Morgan fingerprint density at radius 3 is 2.72 bits per heavy atom. The van der Waals surface area contributed by atoms with Gasteiger partial charge in [0, 0.05) is 6.54 Å². The SMILES string of the molecule is C=CCNC(=O)C(C#N)=Cc1ccc(Cl)c(Cl)c1. The van der Waals surface area contributed by atoms with Crippen LogP contribution in [-0.4, -0.2) is 12.5 Å². The number of nitrogens with one attached hydrogen (secondary N) is 1. The monoisotopic (exact) mass is 280 g/mol. The fraction of sp³-hybridized carbons (Fsp3) is 0.0769. The molecular formula is C13H10Cl2N2O. The lowest BCUT2D eigenvalue weighted by Crippen LogP contribution is -2.24. The predicted molar refractivity (Wildman–Crippen MR) is 73.3 cm³/mol. The summed E-state index contributed by atoms with van der Waals surface area (Å²) in [6.45, 7) is 3.78. The molecule has 0 saturated carbocycles. The van der Waals surface area contributed by atoms with E-state index in [4.69, 9.17) is 28.5 Å². The molecule has 1 aromatic carbocycles. The molecule has 0 radical (unpaired) electrons. The molecule has 0 fully saturated rings. The van der Waals surface area contributed by atoms with Crippen molar-refractivity contribution < 1.29 is 4.79 Å². The number of carbonyl (C=O) groups excluding carboxylic acids is 1. The molecule has 1 N–H and O–H groups in total. The van der Waals surface area contributed by atoms with Gasteiger partial charge in [-0.25, -0.2) is 0 Å². The molecule has 0 saturated heterocycles. The number of carbonyl (C=O) groups is 1. The Morgan fingerprint density at radius 2 is 2.17 bits per heavy atom. The number of amides is 1. The van der Waals surface area contributed by atoms with Crippen LogP contribution in [0, 0.1) is 11.3 Å². The zero-order valence-corrected chi connectivity index (χ0v) is 10.9. The van der Waals surface area contributed by atoms with E-state index in [9.17, 15) is 4.79 Å². The van der Waals surface area contributed by atoms with Gasteiger partial charge in [-0.2, -0.15) is 5.26 Å². The molecule has 1 rings (SSSR count). The molecule has 5 heteroatoms. The lowest BCUT2D eigenvalue weighted by Gasteiger charge is -2.01. The van der Waals surface area contributed by atoms with Gasteiger partial charge in [0.15, 0.2) is 0 Å². The van der Waals surface area contributed by atoms with Crippen LogP contribution in [0.3, 0.4) is 0 Å². The van der Waals surface area contributed by atoms with Crippen LogP contribution in [0.25, 0.3) is 6.08 Å². The molecule has 0 bridgehead atoms. The highest BCUT2D eigenvalue weighted by Gasteiger charge is 2.08. The van der Waals surface area contributed by atoms with E-state index in [-0.39, 0.29) is 5.57 Å². The van der Waals surface area contributed by atoms with Crippen LogP contribution < -0.4 is 5.32 Å². The van der Waals surface area contributed by atoms with Crippen molar-refractivity contribution in [3.05, 3.63) is 52.0 Å². The van der Waals surface area contributed by atoms with Crippen LogP contribution in [-0.2, 0) is 4.79 Å². The van der Waals surface area contributed by atoms with Crippen molar-refractivity contribution in [2.75, 3.05) is 6.54 Å². The highest BCUT2D eigenvalue weighted by molar-refractivity contribution is 6.42. The summed E-state index contributed by atoms with van der Waals surface area (Å²) < 4.78 is 0. The molecule has 0 heterocycles. The summed E-state index contributed by atoms with van der Waals surface area (Å²) in [6, 6.07) is 6.69. The van der Waals surface area contributed by atoms with E-state index in [1.807, 2.05) is 6.07 Å². The number of halogens is 2. The van der Waals surface area contributed by atoms with Crippen LogP contribution in [0.2, 0.25) is 10.0 Å². The minimum Gasteiger partial charge on any atom is -0.348 e. The van der Waals surface area contributed by atoms with E-state index in [1.165, 1.54) is 12.2 Å². The van der Waals surface area contributed by atoms with Gasteiger partial charge < -0.3 is 5.32 Å². The zero-order valence-electron chi connectivity index (χ0n) is 9.41. The van der Waals surface area contributed by atoms with Crippen molar-refractivity contribution in [3.63, 3.8) is 0 Å². The Morgan fingerprint density at radius 1 is 1.44 bits per heavy atom. The van der Waals surface area contributed by atoms with Gasteiger partial charge in [0.25, 0.3) is 5.91 Å². The van der Waals surface area contributed by atoms with Gasteiger partial charge in [0.2, 0.25) is 0 Å². The van der Waals surface area contributed by atoms with Gasteiger partial charge in [-0.1, -0.05) is 35.3 Å². The quantitative estimate of drug-likeness (QED) is 0.523. The van der Waals surface area contributed by atoms with E-state index in [1.54, 1.807) is 18.2 Å². The first-order valence-corrected chi connectivity index (χ1v) is 5.80. The van der Waals surface area contributed by atoms with Gasteiger partial charge in [-0.05, 0) is 23.8 Å². The van der Waals surface area contributed by atoms with E-state index in [0.717, 1.165) is 0 Å². The molecule has 0 aliphatic carbocycles. The summed E-state index contributed by atoms with van der Waals surface area (Å²) in [7, 11) is 0. The normalized spacial score (nSPS) is 10.6. The van der Waals surface area contributed by atoms with Crippen molar-refractivity contribution >= 4 is 35.2 Å². The average molecular weight is 281 g/mol. The Balaban J connectivity index is 2.97. The summed E-state index contributed by atoms with van der Waals surface area (Å²) >= 11 is 11.6. The number of hydrogen-bond donors (Lipinski definition) is 1. The number of nitrogens with zero attached hydrogens (tertiary/aromatic N) is 1. The van der Waals surface area contributed by atoms with Gasteiger partial charge in [0.05, 0.1) is 10.0 Å². The smallest absolute Gasteiger partial charge is 0.262 e. The maximum Gasteiger partial charge on any atom is 0.262 e. The topological polar surface area (TPSA) is 52.9 Å². The molecule has 0 atom stereocenters. The van der Waals surface area contributed by atoms with Crippen molar-refractivity contribution in [2.45, 2.75) is 0 Å². The Labute approximate surface area is 115 Å². The lowest BCUT2D eigenvalue weighted by atomic mass is 10.1. The first kappa shape index (κ1) is 14.3. The molecule has 0 aliphatic heterocycles. The lowest BCUT2D eigenvalue weighted by molar-refractivity contribution is -0.116. The van der Waals surface area contributed by atoms with E-state index >= 15 is 0 Å². The fourth-order valence-corrected chi connectivity index (χ4v) is 1.48. The number of benzene rings is 1. The van der Waals surface area contributed by atoms with Crippen molar-refractivity contribution in [3.8, 4) is 6.07 Å². The zero-order chi connectivity index (χ0) is 13.5. The fourth-order valence-electron chi connectivity index (χ4n) is 1.18. The minimum absolute atomic E-state index is 0.00441. The largest absolute Gasteiger partial charge is 0.348 e. The third-order valence-corrected chi connectivity index (χ3v) is 2.77. The third-order valence-electron chi connectivity index (χ3n) is 2.03. The van der Waals surface area contributed by atoms with Crippen LogP contribution in [0.5, 0.6) is 0 Å². The molecular weight excluding hydrogens is 271 g/mol. The van der Waals surface area contributed by atoms with Crippen molar-refractivity contribution in [1.29, 1.82) is 5.26 Å². The predicted octanol–water partition coefficient (Wildman–Crippen LogP) is 3.20. The minimum atomic E-state index is -0.455. The molecule has 92 valence electrons. The highest BCUT2D eigenvalue weighted by atomic mass is 35.5. The summed E-state index contributed by atoms with van der Waals surface area (Å²) in [5.74, 6) is -0.455. The van der Waals surface area contributed by atoms with Crippen LogP contribution >= 0.6 is 23.2 Å². The molecule has 1 aromatic rings. The van der Waals surface area contributed by atoms with Crippen LogP contribution in [0.15, 0.2) is 36.4 Å². The van der Waals surface area contributed by atoms with Crippen LogP contribution in [0.1, 0.15) is 5.56 Å². The van der Waals surface area contributed by atoms with Crippen molar-refractivity contribution in [2.24, 2.45) is 0 Å². The summed E-state index contributed by atoms with van der Waals surface area (Å²) in [4.78, 5) is 11.6. The molecule has 3 nitrogen and oxygen atoms in total. The number of hydrogen-bond acceptors (Lipinski definition) is 2. The van der Waals surface area contributed by atoms with E-state index < -0.39 is 5.91 Å². The maximum atomic E-state index is 11.6. The summed E-state index contributed by atoms with van der Waals surface area (Å²) in [5, 5.41) is 12.2. The second kappa shape index (κ2) is 6.85. The molecule has 1 amide bonds. The average Bonchev–Trinajstić information content (AvgIpc) is 2.37. The van der Waals surface area contributed by atoms with Gasteiger partial charge in [-0.15, -0.1) is 6.58 Å². The first-order valence-electron chi connectivity index (χ1n) is 5.04. The maximum absolute atomic E-state index is 11.6. The summed E-state index contributed by atoms with van der Waals surface area (Å²) in [6.07, 6.45) is 2.98. The van der Waals surface area contributed by atoms with E-state index in [2.05, 4.69) is 11.9 Å². The molecule has 0 aromatic heterocycles. The molecule has 0 unspecified atom stereocenters. The van der Waals surface area contributed by atoms with Crippen molar-refractivity contribution in [1.82, 2.24) is 5.32 Å². The van der Waals surface area contributed by atoms with E-state index in [0.29, 0.717) is 22.2 Å². The van der Waals surface area contributed by atoms with Crippen LogP contribution in [0.4, 0.5) is 0 Å². The highest BCUT2D eigenvalue weighted by Crippen LogP contribution is 2.23. The number of nitriles is 1. The second-order valence-corrected chi connectivity index (χ2v) is 4.16. The molecule has 0 spiro atoms. The second-order valence-electron chi connectivity index (χ2n) is 3.34. The third kappa shape index (κ3) is 3.92. The Hall–Kier alpha value is -1.76. The van der Waals surface area contributed by atoms with Gasteiger partial charge in [0.1, 0.15) is 11.6 Å². The molecule has 18 heavy (non-hydrogen) atoms. The van der Waals surface area contributed by atoms with Gasteiger partial charge >= 0.3 is 0 Å². The first-order chi connectivity index (χ1) is 8.58. The number of rotatable bonds is 4. The Kier molecular flexibility index (Phi) is 5.44. The Bertz CT molecular complexity index is 544. The summed E-state index contributed by atoms with van der Waals surface area (Å²) in [5.41, 5.74) is 0.630. The van der Waals surface area contributed by atoms with Gasteiger partial charge in [-0.3, -0.25) is 4.79 Å². The molecule has 0 aliphatic rings. The standard InChI is InChI=1S/C13H10Cl2N2O/c1-2-5-17-13(18)10(8-16)6-9-3-4-11(14)12(15)7-9/h2-4,6-7H,1,5H2,(H,17,18).